The standard InChI is InChI=1S/C19H21NO5/c1-2-10-5-3-4-6-13(10)20-15(21)9-24-18(22)16-11-7-12-14(8-11)25-19(23)17(12)16/h3-6,11-12,14,16-17H,2,7-9H2,1H3,(H,20,21)/t11-,12-,14+,16-,17-/m0/s1. The summed E-state index contributed by atoms with van der Waals surface area (Å²) in [5.74, 6) is -1.63. The van der Waals surface area contributed by atoms with Crippen molar-refractivity contribution in [3.8, 4) is 0 Å². The summed E-state index contributed by atoms with van der Waals surface area (Å²) < 4.78 is 10.5. The Bertz CT molecular complexity index is 728. The molecular weight excluding hydrogens is 322 g/mol. The van der Waals surface area contributed by atoms with E-state index < -0.39 is 11.9 Å². The SMILES string of the molecule is CCc1ccccc1NC(=O)COC(=O)[C@H]1[C@H]2C[C@@H]3[C@@H]1C(=O)O[C@@H]3C2. The number of aryl methyl sites for hydroxylation is 1. The lowest BCUT2D eigenvalue weighted by Crippen LogP contribution is -2.35. The van der Waals surface area contributed by atoms with Crippen LogP contribution in [0.3, 0.4) is 0 Å². The van der Waals surface area contributed by atoms with Crippen LogP contribution in [0.1, 0.15) is 25.3 Å². The number of amides is 1. The minimum Gasteiger partial charge on any atom is -0.462 e. The zero-order valence-electron chi connectivity index (χ0n) is 14.1. The van der Waals surface area contributed by atoms with Gasteiger partial charge >= 0.3 is 11.9 Å². The second-order valence-corrected chi connectivity index (χ2v) is 7.09. The molecule has 0 spiro atoms. The van der Waals surface area contributed by atoms with Crippen LogP contribution in [0.4, 0.5) is 5.69 Å². The fraction of sp³-hybridized carbons (Fsp3) is 0.526. The smallest absolute Gasteiger partial charge is 0.310 e. The van der Waals surface area contributed by atoms with Gasteiger partial charge in [0, 0.05) is 11.6 Å². The van der Waals surface area contributed by atoms with Gasteiger partial charge in [-0.3, -0.25) is 14.4 Å². The summed E-state index contributed by atoms with van der Waals surface area (Å²) in [6.07, 6.45) is 2.37. The van der Waals surface area contributed by atoms with Crippen LogP contribution in [0, 0.1) is 23.7 Å². The molecule has 0 unspecified atom stereocenters. The first-order chi connectivity index (χ1) is 12.1. The molecule has 1 saturated heterocycles. The van der Waals surface area contributed by atoms with E-state index in [1.807, 2.05) is 31.2 Å². The van der Waals surface area contributed by atoms with Gasteiger partial charge in [0.25, 0.3) is 5.91 Å². The Morgan fingerprint density at radius 3 is 2.88 bits per heavy atom. The molecule has 6 nitrogen and oxygen atoms in total. The molecule has 2 bridgehead atoms. The van der Waals surface area contributed by atoms with Crippen LogP contribution in [0.2, 0.25) is 0 Å². The number of rotatable bonds is 5. The number of esters is 2. The highest BCUT2D eigenvalue weighted by molar-refractivity contribution is 5.94. The molecular formula is C19H21NO5. The quantitative estimate of drug-likeness (QED) is 0.826. The van der Waals surface area contributed by atoms with Gasteiger partial charge in [-0.25, -0.2) is 0 Å². The summed E-state index contributed by atoms with van der Waals surface area (Å²) in [6.45, 7) is 1.67. The van der Waals surface area contributed by atoms with Gasteiger partial charge < -0.3 is 14.8 Å². The summed E-state index contributed by atoms with van der Waals surface area (Å²) in [6, 6.07) is 7.53. The van der Waals surface area contributed by atoms with E-state index in [1.54, 1.807) is 0 Å². The van der Waals surface area contributed by atoms with Crippen LogP contribution in [-0.2, 0) is 30.3 Å². The molecule has 3 fully saturated rings. The molecule has 25 heavy (non-hydrogen) atoms. The van der Waals surface area contributed by atoms with Gasteiger partial charge in [-0.15, -0.1) is 0 Å². The highest BCUT2D eigenvalue weighted by Crippen LogP contribution is 2.57. The normalized spacial score (nSPS) is 31.7. The van der Waals surface area contributed by atoms with Crippen LogP contribution < -0.4 is 5.32 Å². The van der Waals surface area contributed by atoms with Gasteiger partial charge in [0.15, 0.2) is 6.61 Å². The first kappa shape index (κ1) is 16.1. The van der Waals surface area contributed by atoms with E-state index in [1.165, 1.54) is 0 Å². The molecule has 1 aliphatic heterocycles. The van der Waals surface area contributed by atoms with Crippen molar-refractivity contribution in [2.24, 2.45) is 23.7 Å². The number of fused-ring (bicyclic) bond motifs is 1. The van der Waals surface area contributed by atoms with Crippen molar-refractivity contribution >= 4 is 23.5 Å². The highest BCUT2D eigenvalue weighted by Gasteiger charge is 2.64. The summed E-state index contributed by atoms with van der Waals surface area (Å²) in [7, 11) is 0. The van der Waals surface area contributed by atoms with Gasteiger partial charge in [-0.2, -0.15) is 0 Å². The van der Waals surface area contributed by atoms with Crippen molar-refractivity contribution in [3.05, 3.63) is 29.8 Å². The lowest BCUT2D eigenvalue weighted by atomic mass is 9.80. The molecule has 0 aromatic heterocycles. The van der Waals surface area contributed by atoms with E-state index in [4.69, 9.17) is 9.47 Å². The third-order valence-corrected chi connectivity index (χ3v) is 5.77. The Labute approximate surface area is 145 Å². The molecule has 2 aliphatic carbocycles. The molecule has 5 atom stereocenters. The molecule has 0 radical (unpaired) electrons. The minimum absolute atomic E-state index is 0.0135. The molecule has 3 aliphatic rings. The van der Waals surface area contributed by atoms with Crippen molar-refractivity contribution in [3.63, 3.8) is 0 Å². The zero-order valence-corrected chi connectivity index (χ0v) is 14.1. The summed E-state index contributed by atoms with van der Waals surface area (Å²) in [5.41, 5.74) is 1.75. The summed E-state index contributed by atoms with van der Waals surface area (Å²) >= 11 is 0. The molecule has 1 amide bonds. The maximum absolute atomic E-state index is 12.4. The zero-order chi connectivity index (χ0) is 17.6. The molecule has 1 heterocycles. The third kappa shape index (κ3) is 2.69. The van der Waals surface area contributed by atoms with Crippen LogP contribution in [0.5, 0.6) is 0 Å². The number of hydrogen-bond acceptors (Lipinski definition) is 5. The first-order valence-corrected chi connectivity index (χ1v) is 8.83. The van der Waals surface area contributed by atoms with Crippen molar-refractivity contribution in [1.29, 1.82) is 0 Å². The molecule has 4 rings (SSSR count). The maximum atomic E-state index is 12.4. The lowest BCUT2D eigenvalue weighted by molar-refractivity contribution is -0.157. The predicted molar refractivity (Wildman–Crippen MR) is 88.5 cm³/mol. The van der Waals surface area contributed by atoms with E-state index in [9.17, 15) is 14.4 Å². The van der Waals surface area contributed by atoms with Gasteiger partial charge in [-0.1, -0.05) is 25.1 Å². The van der Waals surface area contributed by atoms with E-state index >= 15 is 0 Å². The van der Waals surface area contributed by atoms with Crippen molar-refractivity contribution < 1.29 is 23.9 Å². The highest BCUT2D eigenvalue weighted by atomic mass is 16.6. The molecule has 1 N–H and O–H groups in total. The topological polar surface area (TPSA) is 81.7 Å². The van der Waals surface area contributed by atoms with Gasteiger partial charge in [0.2, 0.25) is 0 Å². The second-order valence-electron chi connectivity index (χ2n) is 7.09. The Balaban J connectivity index is 1.35. The fourth-order valence-electron chi connectivity index (χ4n) is 4.69. The summed E-state index contributed by atoms with van der Waals surface area (Å²) in [4.78, 5) is 36.5. The van der Waals surface area contributed by atoms with E-state index in [0.717, 1.165) is 30.5 Å². The maximum Gasteiger partial charge on any atom is 0.310 e. The van der Waals surface area contributed by atoms with Crippen molar-refractivity contribution in [2.45, 2.75) is 32.3 Å². The largest absolute Gasteiger partial charge is 0.462 e. The molecule has 2 saturated carbocycles. The van der Waals surface area contributed by atoms with Gasteiger partial charge in [-0.05, 0) is 36.8 Å². The number of carbonyl (C=O) groups is 3. The number of nitrogens with one attached hydrogen (secondary N) is 1. The average Bonchev–Trinajstić information content (AvgIpc) is 3.22. The third-order valence-electron chi connectivity index (χ3n) is 5.77. The Kier molecular flexibility index (Phi) is 3.98. The van der Waals surface area contributed by atoms with Crippen LogP contribution in [-0.4, -0.2) is 30.6 Å². The number of anilines is 1. The number of ether oxygens (including phenoxy) is 2. The number of hydrogen-bond donors (Lipinski definition) is 1. The monoisotopic (exact) mass is 343 g/mol. The predicted octanol–water partition coefficient (Wildman–Crippen LogP) is 1.93. The van der Waals surface area contributed by atoms with Crippen molar-refractivity contribution in [2.75, 3.05) is 11.9 Å². The average molecular weight is 343 g/mol. The fourth-order valence-corrected chi connectivity index (χ4v) is 4.69. The lowest BCUT2D eigenvalue weighted by Gasteiger charge is -2.22. The van der Waals surface area contributed by atoms with E-state index in [0.29, 0.717) is 0 Å². The van der Waals surface area contributed by atoms with Crippen LogP contribution >= 0.6 is 0 Å². The Morgan fingerprint density at radius 1 is 1.28 bits per heavy atom. The number of benzene rings is 1. The van der Waals surface area contributed by atoms with E-state index in [2.05, 4.69) is 5.32 Å². The minimum atomic E-state index is -0.452. The van der Waals surface area contributed by atoms with Crippen molar-refractivity contribution in [1.82, 2.24) is 0 Å². The first-order valence-electron chi connectivity index (χ1n) is 8.83. The Hall–Kier alpha value is -2.37. The van der Waals surface area contributed by atoms with Crippen LogP contribution in [0.25, 0.3) is 0 Å². The number of para-hydroxylation sites is 1. The van der Waals surface area contributed by atoms with Crippen LogP contribution in [0.15, 0.2) is 24.3 Å². The van der Waals surface area contributed by atoms with Gasteiger partial charge in [0.05, 0.1) is 11.8 Å². The molecule has 1 aromatic carbocycles. The molecule has 6 heteroatoms. The molecule has 1 aromatic rings. The van der Waals surface area contributed by atoms with Gasteiger partial charge in [0.1, 0.15) is 6.10 Å². The second kappa shape index (κ2) is 6.17. The number of carbonyl (C=O) groups excluding carboxylic acids is 3. The van der Waals surface area contributed by atoms with E-state index in [-0.39, 0.29) is 42.3 Å². The summed E-state index contributed by atoms with van der Waals surface area (Å²) in [5, 5.41) is 2.78. The molecule has 132 valence electrons. The Morgan fingerprint density at radius 2 is 2.08 bits per heavy atom.